The number of hydrogen-bond donors (Lipinski definition) is 8. The van der Waals surface area contributed by atoms with Gasteiger partial charge < -0.3 is 41.9 Å². The van der Waals surface area contributed by atoms with Crippen molar-refractivity contribution in [1.29, 1.82) is 0 Å². The van der Waals surface area contributed by atoms with Crippen LogP contribution in [0.5, 0.6) is 0 Å². The second kappa shape index (κ2) is 36.2. The third-order valence-electron chi connectivity index (χ3n) is 9.35. The summed E-state index contributed by atoms with van der Waals surface area (Å²) in [6.07, 6.45) is -3.13. The summed E-state index contributed by atoms with van der Waals surface area (Å²) >= 11 is 0. The minimum Gasteiger partial charge on any atom is -0.428 e. The van der Waals surface area contributed by atoms with E-state index < -0.39 is 160 Å². The normalized spacial score (nSPS) is 13.4. The molecule has 0 radical (unpaired) electrons. The summed E-state index contributed by atoms with van der Waals surface area (Å²) < 4.78 is 20.3. The molecule has 0 aliphatic carbocycles. The van der Waals surface area contributed by atoms with Crippen LogP contribution >= 0.6 is 0 Å². The zero-order valence-electron chi connectivity index (χ0n) is 39.8. The smallest absolute Gasteiger partial charge is 0.312 e. The van der Waals surface area contributed by atoms with Crippen molar-refractivity contribution >= 4 is 70.8 Å². The number of ketones is 4. The largest absolute Gasteiger partial charge is 0.428 e. The van der Waals surface area contributed by atoms with Gasteiger partial charge in [0.15, 0.2) is 20.1 Å². The van der Waals surface area contributed by atoms with Crippen LogP contribution in [0.4, 0.5) is 0 Å². The number of aliphatic imine (C=N–C) groups is 4. The van der Waals surface area contributed by atoms with E-state index in [2.05, 4.69) is 20.0 Å². The molecule has 0 fully saturated rings. The predicted octanol–water partition coefficient (Wildman–Crippen LogP) is -2.69. The van der Waals surface area contributed by atoms with E-state index in [4.69, 9.17) is 41.9 Å². The van der Waals surface area contributed by atoms with Gasteiger partial charge in [0.1, 0.15) is 23.1 Å². The number of hydrazine groups is 4. The van der Waals surface area contributed by atoms with Gasteiger partial charge in [-0.05, 0) is 58.3 Å². The number of nitrogens with two attached hydrogens (primary N) is 4. The molecule has 0 spiro atoms. The Bertz CT molecular complexity index is 2080. The summed E-state index contributed by atoms with van der Waals surface area (Å²) in [6.45, 7) is 0.204. The number of guanidine groups is 4. The zero-order valence-corrected chi connectivity index (χ0v) is 39.8. The lowest BCUT2D eigenvalue weighted by Gasteiger charge is -2.18. The summed E-state index contributed by atoms with van der Waals surface area (Å²) in [6, 6.07) is 0. The number of esters is 4. The maximum Gasteiger partial charge on any atom is 0.312 e. The first-order valence-corrected chi connectivity index (χ1v) is 21.8. The molecule has 0 aromatic carbocycles. The molecular formula is C37H60N16O20. The number of rotatable bonds is 38. The van der Waals surface area contributed by atoms with Crippen molar-refractivity contribution in [2.24, 2.45) is 66.6 Å². The van der Waals surface area contributed by atoms with Gasteiger partial charge in [-0.1, -0.05) is 28.6 Å². The van der Waals surface area contributed by atoms with E-state index in [0.29, 0.717) is 0 Å². The van der Waals surface area contributed by atoms with E-state index in [1.165, 1.54) is 6.92 Å². The van der Waals surface area contributed by atoms with Gasteiger partial charge in [0.2, 0.25) is 13.6 Å². The monoisotopic (exact) mass is 1050 g/mol. The average molecular weight is 1050 g/mol. The molecule has 408 valence electrons. The molecule has 0 aliphatic rings. The Hall–Kier alpha value is -8.76. The van der Waals surface area contributed by atoms with Crippen molar-refractivity contribution in [3.05, 3.63) is 40.5 Å². The second-order valence-corrected chi connectivity index (χ2v) is 15.5. The molecule has 0 aromatic heterocycles. The van der Waals surface area contributed by atoms with Crippen molar-refractivity contribution in [1.82, 2.24) is 21.7 Å². The highest BCUT2D eigenvalue weighted by Gasteiger charge is 2.29. The van der Waals surface area contributed by atoms with Crippen LogP contribution in [0.25, 0.3) is 0 Å². The van der Waals surface area contributed by atoms with Gasteiger partial charge in [-0.25, -0.2) is 60.4 Å². The van der Waals surface area contributed by atoms with Crippen molar-refractivity contribution < 1.29 is 77.4 Å². The fraction of sp³-hybridized carbons (Fsp3) is 0.676. The Morgan fingerprint density at radius 1 is 0.452 bits per heavy atom. The molecule has 73 heavy (non-hydrogen) atoms. The second-order valence-electron chi connectivity index (χ2n) is 15.5. The van der Waals surface area contributed by atoms with Crippen molar-refractivity contribution in [3.63, 3.8) is 0 Å². The van der Waals surface area contributed by atoms with Crippen LogP contribution in [0.3, 0.4) is 0 Å². The van der Waals surface area contributed by atoms with Gasteiger partial charge >= 0.3 is 23.9 Å². The Morgan fingerprint density at radius 2 is 0.712 bits per heavy atom. The average Bonchev–Trinajstić information content (AvgIpc) is 3.26. The lowest BCUT2D eigenvalue weighted by molar-refractivity contribution is -0.525. The topological polar surface area (TPSA) is 548 Å². The first kappa shape index (κ1) is 64.2. The molecule has 0 heterocycles. The number of nitrogens with zero attached hydrogens (tertiary/aromatic N) is 8. The standard InChI is InChI=1S/C37H60N16O20/c1-22(7-3-11-42-34(38)46-50(62)63)30(58)70-20-71-32(60)25(9-5-13-44-36(40)48-52(66)67)17-28(56)19-29(57)18-26(10-6-14-45-37(41)49-53(68)69)33(61)73-21-72-31(59)24(16-27(55)15-23(2)54)8-4-12-43-35(39)47-51(64)65/h22,24-26H,3-21H2,1-2H3,(H3,38,42,46)(H3,39,43,47)(H3,40,44,48)(H3,41,45,49). The van der Waals surface area contributed by atoms with Gasteiger partial charge in [-0.2, -0.15) is 0 Å². The SMILES string of the molecule is CC(=O)CC(=O)CC(CCCN=C(N)N[N+](=O)[O-])C(=O)OCOC(=O)C(CCCN=C(N)N[N+](=O)[O-])CC(=O)CC(=O)CC(CCCN=C(N)N[N+](=O)[O-])C(=O)OCOC(=O)C(C)CCCN=C(N)N[N+](=O)[O-]. The number of ether oxygens (including phenoxy) is 4. The molecule has 4 atom stereocenters. The molecule has 0 aromatic rings. The molecule has 4 unspecified atom stereocenters. The number of carbonyl (C=O) groups excluding carboxylic acids is 8. The van der Waals surface area contributed by atoms with E-state index in [0.717, 1.165) is 6.92 Å². The van der Waals surface area contributed by atoms with E-state index in [1.54, 1.807) is 21.7 Å². The molecule has 0 bridgehead atoms. The van der Waals surface area contributed by atoms with Crippen LogP contribution in [0.1, 0.15) is 97.3 Å². The molecule has 0 saturated carbocycles. The van der Waals surface area contributed by atoms with Gasteiger partial charge in [0, 0.05) is 45.4 Å². The maximum absolute atomic E-state index is 13.3. The summed E-state index contributed by atoms with van der Waals surface area (Å²) in [7, 11) is 0. The van der Waals surface area contributed by atoms with Crippen molar-refractivity contribution in [2.75, 3.05) is 39.8 Å². The van der Waals surface area contributed by atoms with Crippen molar-refractivity contribution in [3.8, 4) is 0 Å². The Labute approximate surface area is 413 Å². The minimum atomic E-state index is -1.35. The van der Waals surface area contributed by atoms with Crippen LogP contribution in [-0.4, -0.2) is 131 Å². The molecule has 0 aliphatic heterocycles. The lowest BCUT2D eigenvalue weighted by atomic mass is 9.91. The summed E-state index contributed by atoms with van der Waals surface area (Å²) in [5, 5.41) is 38.4. The van der Waals surface area contributed by atoms with Crippen LogP contribution in [-0.2, 0) is 57.3 Å². The Morgan fingerprint density at radius 3 is 0.986 bits per heavy atom. The van der Waals surface area contributed by atoms with Crippen molar-refractivity contribution in [2.45, 2.75) is 97.3 Å². The number of nitro groups is 4. The first-order chi connectivity index (χ1) is 34.3. The molecule has 0 saturated heterocycles. The number of carbonyl (C=O) groups is 8. The Kier molecular flexibility index (Phi) is 31.9. The minimum absolute atomic E-state index is 0.00633. The summed E-state index contributed by atoms with van der Waals surface area (Å²) in [5.41, 5.74) is 28.0. The molecular weight excluding hydrogens is 988 g/mol. The van der Waals surface area contributed by atoms with Crippen LogP contribution in [0.2, 0.25) is 0 Å². The van der Waals surface area contributed by atoms with Crippen LogP contribution in [0, 0.1) is 64.1 Å². The number of nitrogens with one attached hydrogen (secondary N) is 4. The molecule has 36 heteroatoms. The zero-order chi connectivity index (χ0) is 55.5. The first-order valence-electron chi connectivity index (χ1n) is 21.8. The third kappa shape index (κ3) is 34.2. The Balaban J connectivity index is 5.97. The molecule has 0 amide bonds. The number of Topliss-reactive ketones (excluding diaryl/α,β-unsaturated/α-hetero) is 4. The van der Waals surface area contributed by atoms with E-state index in [9.17, 15) is 78.8 Å². The molecule has 0 rings (SSSR count). The van der Waals surface area contributed by atoms with E-state index in [-0.39, 0.29) is 77.5 Å². The molecule has 36 nitrogen and oxygen atoms in total. The van der Waals surface area contributed by atoms with Gasteiger partial charge in [0.25, 0.3) is 23.8 Å². The van der Waals surface area contributed by atoms with Gasteiger partial charge in [-0.15, -0.1) is 0 Å². The lowest BCUT2D eigenvalue weighted by Crippen LogP contribution is -2.36. The fourth-order valence-corrected chi connectivity index (χ4v) is 6.08. The van der Waals surface area contributed by atoms with Crippen LogP contribution < -0.4 is 44.6 Å². The van der Waals surface area contributed by atoms with Gasteiger partial charge in [0.05, 0.1) is 36.5 Å². The summed E-state index contributed by atoms with van der Waals surface area (Å²) in [5.74, 6) is -13.5. The maximum atomic E-state index is 13.3. The number of hydrogen-bond acceptors (Lipinski definition) is 24. The predicted molar refractivity (Wildman–Crippen MR) is 246 cm³/mol. The highest BCUT2D eigenvalue weighted by Crippen LogP contribution is 2.21. The summed E-state index contributed by atoms with van der Waals surface area (Å²) in [4.78, 5) is 160. The highest BCUT2D eigenvalue weighted by atomic mass is 16.7. The van der Waals surface area contributed by atoms with Gasteiger partial charge in [-0.3, -0.25) is 38.4 Å². The van der Waals surface area contributed by atoms with Crippen LogP contribution in [0.15, 0.2) is 20.0 Å². The van der Waals surface area contributed by atoms with E-state index >= 15 is 0 Å². The quantitative estimate of drug-likeness (QED) is 0.00456. The molecule has 12 N–H and O–H groups in total. The fourth-order valence-electron chi connectivity index (χ4n) is 6.08. The highest BCUT2D eigenvalue weighted by molar-refractivity contribution is 6.01. The van der Waals surface area contributed by atoms with E-state index in [1.807, 2.05) is 0 Å². The third-order valence-corrected chi connectivity index (χ3v) is 9.35.